The van der Waals surface area contributed by atoms with E-state index in [1.54, 1.807) is 0 Å². The van der Waals surface area contributed by atoms with Crippen LogP contribution < -0.4 is 5.32 Å². The van der Waals surface area contributed by atoms with E-state index in [4.69, 9.17) is 4.74 Å². The highest BCUT2D eigenvalue weighted by molar-refractivity contribution is 5.32. The van der Waals surface area contributed by atoms with Crippen molar-refractivity contribution >= 4 is 0 Å². The van der Waals surface area contributed by atoms with E-state index in [1.807, 2.05) is 48.3 Å². The van der Waals surface area contributed by atoms with Crippen molar-refractivity contribution in [1.29, 1.82) is 0 Å². The number of likely N-dealkylation sites (N-methyl/N-ethyl adjacent to an activating group) is 1. The van der Waals surface area contributed by atoms with Crippen molar-refractivity contribution in [3.8, 4) is 5.69 Å². The smallest absolute Gasteiger partial charge is 0.0864 e. The Bertz CT molecular complexity index is 575. The SMILES string of the molecule is CNC(c1cnnn1-c1ccccc1)C1(C)CCCCO1. The summed E-state index contributed by atoms with van der Waals surface area (Å²) >= 11 is 0. The summed E-state index contributed by atoms with van der Waals surface area (Å²) < 4.78 is 7.99. The lowest BCUT2D eigenvalue weighted by molar-refractivity contribution is -0.0896. The Labute approximate surface area is 125 Å². The van der Waals surface area contributed by atoms with Gasteiger partial charge in [-0.2, -0.15) is 0 Å². The molecule has 0 saturated carbocycles. The molecular weight excluding hydrogens is 264 g/mol. The summed E-state index contributed by atoms with van der Waals surface area (Å²) in [6, 6.07) is 10.2. The Hall–Kier alpha value is -1.72. The molecule has 2 heterocycles. The number of nitrogens with one attached hydrogen (secondary N) is 1. The fourth-order valence-electron chi connectivity index (χ4n) is 3.16. The van der Waals surface area contributed by atoms with Gasteiger partial charge >= 0.3 is 0 Å². The molecule has 2 unspecified atom stereocenters. The largest absolute Gasteiger partial charge is 0.373 e. The molecule has 0 radical (unpaired) electrons. The second-order valence-corrected chi connectivity index (χ2v) is 5.75. The number of rotatable bonds is 4. The van der Waals surface area contributed by atoms with E-state index in [2.05, 4.69) is 22.6 Å². The van der Waals surface area contributed by atoms with Crippen LogP contribution in [0, 0.1) is 0 Å². The van der Waals surface area contributed by atoms with Crippen LogP contribution in [0.25, 0.3) is 5.69 Å². The molecule has 1 aromatic heterocycles. The number of hydrogen-bond donors (Lipinski definition) is 1. The Kier molecular flexibility index (Phi) is 4.03. The maximum absolute atomic E-state index is 6.10. The number of para-hydroxylation sites is 1. The van der Waals surface area contributed by atoms with E-state index >= 15 is 0 Å². The van der Waals surface area contributed by atoms with Gasteiger partial charge in [0, 0.05) is 6.61 Å². The molecule has 0 amide bonds. The summed E-state index contributed by atoms with van der Waals surface area (Å²) in [5.74, 6) is 0. The first kappa shape index (κ1) is 14.2. The topological polar surface area (TPSA) is 52.0 Å². The van der Waals surface area contributed by atoms with Crippen LogP contribution in [0.1, 0.15) is 37.9 Å². The molecule has 2 aromatic rings. The highest BCUT2D eigenvalue weighted by Crippen LogP contribution is 2.36. The monoisotopic (exact) mass is 286 g/mol. The molecule has 1 aromatic carbocycles. The highest BCUT2D eigenvalue weighted by Gasteiger charge is 2.39. The summed E-state index contributed by atoms with van der Waals surface area (Å²) in [5, 5.41) is 11.8. The first-order valence-electron chi connectivity index (χ1n) is 7.52. The van der Waals surface area contributed by atoms with Gasteiger partial charge in [0.25, 0.3) is 0 Å². The highest BCUT2D eigenvalue weighted by atomic mass is 16.5. The van der Waals surface area contributed by atoms with E-state index < -0.39 is 0 Å². The molecule has 3 rings (SSSR count). The van der Waals surface area contributed by atoms with Crippen molar-refractivity contribution in [1.82, 2.24) is 20.3 Å². The maximum Gasteiger partial charge on any atom is 0.0864 e. The minimum Gasteiger partial charge on any atom is -0.373 e. The van der Waals surface area contributed by atoms with Crippen molar-refractivity contribution < 1.29 is 4.74 Å². The van der Waals surface area contributed by atoms with Gasteiger partial charge in [-0.1, -0.05) is 23.4 Å². The fraction of sp³-hybridized carbons (Fsp3) is 0.500. The third kappa shape index (κ3) is 2.71. The van der Waals surface area contributed by atoms with Crippen LogP contribution in [-0.2, 0) is 4.74 Å². The Morgan fingerprint density at radius 2 is 2.10 bits per heavy atom. The lowest BCUT2D eigenvalue weighted by Crippen LogP contribution is -2.45. The van der Waals surface area contributed by atoms with Crippen molar-refractivity contribution in [3.05, 3.63) is 42.2 Å². The third-order valence-corrected chi connectivity index (χ3v) is 4.27. The number of ether oxygens (including phenoxy) is 1. The molecule has 2 atom stereocenters. The van der Waals surface area contributed by atoms with Crippen LogP contribution in [0.5, 0.6) is 0 Å². The zero-order valence-electron chi connectivity index (χ0n) is 12.6. The predicted octanol–water partition coefficient (Wildman–Crippen LogP) is 2.49. The lowest BCUT2D eigenvalue weighted by Gasteiger charge is -2.40. The van der Waals surface area contributed by atoms with E-state index in [0.29, 0.717) is 0 Å². The van der Waals surface area contributed by atoms with E-state index in [0.717, 1.165) is 30.8 Å². The minimum absolute atomic E-state index is 0.0630. The zero-order valence-corrected chi connectivity index (χ0v) is 12.6. The molecule has 21 heavy (non-hydrogen) atoms. The molecule has 1 aliphatic heterocycles. The van der Waals surface area contributed by atoms with E-state index in [9.17, 15) is 0 Å². The molecule has 0 aliphatic carbocycles. The van der Waals surface area contributed by atoms with E-state index in [-0.39, 0.29) is 11.6 Å². The lowest BCUT2D eigenvalue weighted by atomic mass is 9.86. The molecular formula is C16H22N4O. The maximum atomic E-state index is 6.10. The summed E-state index contributed by atoms with van der Waals surface area (Å²) in [4.78, 5) is 0. The average Bonchev–Trinajstić information content (AvgIpc) is 2.98. The van der Waals surface area contributed by atoms with Crippen LogP contribution in [0.2, 0.25) is 0 Å². The summed E-state index contributed by atoms with van der Waals surface area (Å²) in [6.07, 6.45) is 5.21. The van der Waals surface area contributed by atoms with Crippen molar-refractivity contribution in [3.63, 3.8) is 0 Å². The average molecular weight is 286 g/mol. The second kappa shape index (κ2) is 5.95. The zero-order chi connectivity index (χ0) is 14.7. The molecule has 5 nitrogen and oxygen atoms in total. The van der Waals surface area contributed by atoms with Gasteiger partial charge in [-0.25, -0.2) is 4.68 Å². The predicted molar refractivity (Wildman–Crippen MR) is 81.4 cm³/mol. The second-order valence-electron chi connectivity index (χ2n) is 5.75. The number of hydrogen-bond acceptors (Lipinski definition) is 4. The van der Waals surface area contributed by atoms with Crippen LogP contribution in [0.3, 0.4) is 0 Å². The van der Waals surface area contributed by atoms with E-state index in [1.165, 1.54) is 6.42 Å². The molecule has 1 N–H and O–H groups in total. The van der Waals surface area contributed by atoms with Crippen molar-refractivity contribution in [2.75, 3.05) is 13.7 Å². The van der Waals surface area contributed by atoms with Gasteiger partial charge < -0.3 is 10.1 Å². The fourth-order valence-corrected chi connectivity index (χ4v) is 3.16. The summed E-state index contributed by atoms with van der Waals surface area (Å²) in [7, 11) is 1.97. The quantitative estimate of drug-likeness (QED) is 0.938. The van der Waals surface area contributed by atoms with Gasteiger partial charge in [-0.15, -0.1) is 5.10 Å². The van der Waals surface area contributed by atoms with Crippen LogP contribution in [0.15, 0.2) is 36.5 Å². The number of nitrogens with zero attached hydrogens (tertiary/aromatic N) is 3. The Morgan fingerprint density at radius 3 is 2.76 bits per heavy atom. The van der Waals surface area contributed by atoms with Crippen LogP contribution in [0.4, 0.5) is 0 Å². The van der Waals surface area contributed by atoms with Crippen LogP contribution in [-0.4, -0.2) is 34.2 Å². The molecule has 0 bridgehead atoms. The molecule has 0 spiro atoms. The Balaban J connectivity index is 1.97. The van der Waals surface area contributed by atoms with Crippen LogP contribution >= 0.6 is 0 Å². The van der Waals surface area contributed by atoms with Gasteiger partial charge in [-0.05, 0) is 45.4 Å². The summed E-state index contributed by atoms with van der Waals surface area (Å²) in [5.41, 5.74) is 1.83. The Morgan fingerprint density at radius 1 is 1.29 bits per heavy atom. The minimum atomic E-state index is -0.221. The van der Waals surface area contributed by atoms with Gasteiger partial charge in [-0.3, -0.25) is 0 Å². The molecule has 5 heteroatoms. The molecule has 1 saturated heterocycles. The van der Waals surface area contributed by atoms with Crippen molar-refractivity contribution in [2.45, 2.75) is 37.8 Å². The molecule has 1 fully saturated rings. The van der Waals surface area contributed by atoms with Gasteiger partial charge in [0.1, 0.15) is 0 Å². The number of benzene rings is 1. The van der Waals surface area contributed by atoms with Gasteiger partial charge in [0.15, 0.2) is 0 Å². The van der Waals surface area contributed by atoms with Gasteiger partial charge in [0.2, 0.25) is 0 Å². The summed E-state index contributed by atoms with van der Waals surface area (Å²) in [6.45, 7) is 3.00. The molecule has 1 aliphatic rings. The molecule has 112 valence electrons. The van der Waals surface area contributed by atoms with Gasteiger partial charge in [0.05, 0.1) is 29.2 Å². The first-order chi connectivity index (χ1) is 10.2. The third-order valence-electron chi connectivity index (χ3n) is 4.27. The standard InChI is InChI=1S/C16H22N4O/c1-16(10-6-7-11-21-16)15(17-2)14-12-18-19-20(14)13-8-4-3-5-9-13/h3-5,8-9,12,15,17H,6-7,10-11H2,1-2H3. The first-order valence-corrected chi connectivity index (χ1v) is 7.52. The van der Waals surface area contributed by atoms with Crippen molar-refractivity contribution in [2.24, 2.45) is 0 Å². The normalized spacial score (nSPS) is 23.9. The number of aromatic nitrogens is 3.